The van der Waals surface area contributed by atoms with Crippen LogP contribution in [0.1, 0.15) is 5.82 Å². The van der Waals surface area contributed by atoms with Gasteiger partial charge >= 0.3 is 0 Å². The molecule has 74 valence electrons. The molecule has 0 unspecified atom stereocenters. The number of imidazole rings is 1. The monoisotopic (exact) mass is 200 g/mol. The summed E-state index contributed by atoms with van der Waals surface area (Å²) in [5.74, 6) is 1.45. The lowest BCUT2D eigenvalue weighted by atomic mass is 10.4. The van der Waals surface area contributed by atoms with Gasteiger partial charge in [0.25, 0.3) is 0 Å². The molecule has 2 aromatic rings. The van der Waals surface area contributed by atoms with Crippen LogP contribution < -0.4 is 4.74 Å². The summed E-state index contributed by atoms with van der Waals surface area (Å²) < 4.78 is 6.73. The number of rotatable bonds is 2. The van der Waals surface area contributed by atoms with E-state index < -0.39 is 0 Å². The van der Waals surface area contributed by atoms with Gasteiger partial charge in [-0.25, -0.2) is 9.97 Å². The largest absolute Gasteiger partial charge is 0.493 e. The number of methoxy groups -OCH3 is 1. The second-order valence-corrected chi connectivity index (χ2v) is 2.76. The van der Waals surface area contributed by atoms with E-state index in [2.05, 4.69) is 9.97 Å². The third-order valence-electron chi connectivity index (χ3n) is 1.94. The molecular weight excluding hydrogens is 192 g/mol. The van der Waals surface area contributed by atoms with Crippen LogP contribution in [-0.2, 0) is 0 Å². The SMILES string of the molecule is COc1cccnc1-n1ccnc1C#N. The van der Waals surface area contributed by atoms with Gasteiger partial charge < -0.3 is 4.74 Å². The molecule has 0 aliphatic carbocycles. The number of hydrogen-bond acceptors (Lipinski definition) is 4. The van der Waals surface area contributed by atoms with Crippen molar-refractivity contribution < 1.29 is 4.74 Å². The molecule has 5 heteroatoms. The summed E-state index contributed by atoms with van der Waals surface area (Å²) >= 11 is 0. The molecule has 5 nitrogen and oxygen atoms in total. The van der Waals surface area contributed by atoms with Crippen LogP contribution in [0.4, 0.5) is 0 Å². The molecule has 0 saturated carbocycles. The standard InChI is InChI=1S/C10H8N4O/c1-15-8-3-2-4-13-10(8)14-6-5-12-9(14)7-11/h2-6H,1H3. The maximum absolute atomic E-state index is 8.83. The predicted molar refractivity (Wildman–Crippen MR) is 52.6 cm³/mol. The van der Waals surface area contributed by atoms with Gasteiger partial charge in [-0.2, -0.15) is 5.26 Å². The quantitative estimate of drug-likeness (QED) is 0.729. The topological polar surface area (TPSA) is 63.7 Å². The minimum absolute atomic E-state index is 0.284. The van der Waals surface area contributed by atoms with Crippen molar-refractivity contribution in [1.29, 1.82) is 5.26 Å². The highest BCUT2D eigenvalue weighted by molar-refractivity contribution is 5.42. The van der Waals surface area contributed by atoms with Crippen molar-refractivity contribution in [2.24, 2.45) is 0 Å². The molecular formula is C10H8N4O. The van der Waals surface area contributed by atoms with Gasteiger partial charge in [-0.1, -0.05) is 0 Å². The van der Waals surface area contributed by atoms with Crippen LogP contribution >= 0.6 is 0 Å². The summed E-state index contributed by atoms with van der Waals surface area (Å²) in [6.45, 7) is 0. The summed E-state index contributed by atoms with van der Waals surface area (Å²) in [5, 5.41) is 8.83. The Labute approximate surface area is 86.6 Å². The molecule has 0 spiro atoms. The first-order valence-corrected chi connectivity index (χ1v) is 4.29. The smallest absolute Gasteiger partial charge is 0.218 e. The van der Waals surface area contributed by atoms with Crippen LogP contribution in [0.2, 0.25) is 0 Å². The molecule has 0 aliphatic rings. The summed E-state index contributed by atoms with van der Waals surface area (Å²) in [4.78, 5) is 8.04. The van der Waals surface area contributed by atoms with E-state index in [1.807, 2.05) is 6.07 Å². The minimum Gasteiger partial charge on any atom is -0.493 e. The lowest BCUT2D eigenvalue weighted by molar-refractivity contribution is 0.410. The molecule has 0 aromatic carbocycles. The molecule has 0 fully saturated rings. The van der Waals surface area contributed by atoms with Gasteiger partial charge in [0.05, 0.1) is 7.11 Å². The third-order valence-corrected chi connectivity index (χ3v) is 1.94. The average Bonchev–Trinajstić information content (AvgIpc) is 2.76. The highest BCUT2D eigenvalue weighted by atomic mass is 16.5. The van der Waals surface area contributed by atoms with Crippen molar-refractivity contribution in [3.8, 4) is 17.6 Å². The molecule has 0 aliphatic heterocycles. The van der Waals surface area contributed by atoms with Gasteiger partial charge in [0.2, 0.25) is 5.82 Å². The zero-order chi connectivity index (χ0) is 10.7. The van der Waals surface area contributed by atoms with E-state index in [4.69, 9.17) is 10.00 Å². The first-order valence-electron chi connectivity index (χ1n) is 4.29. The Morgan fingerprint density at radius 2 is 2.27 bits per heavy atom. The van der Waals surface area contributed by atoms with E-state index in [0.717, 1.165) is 0 Å². The summed E-state index contributed by atoms with van der Waals surface area (Å²) in [7, 11) is 1.56. The molecule has 0 N–H and O–H groups in total. The van der Waals surface area contributed by atoms with E-state index in [-0.39, 0.29) is 5.82 Å². The molecule has 2 rings (SSSR count). The Hall–Kier alpha value is -2.35. The fraction of sp³-hybridized carbons (Fsp3) is 0.100. The van der Waals surface area contributed by atoms with E-state index in [0.29, 0.717) is 11.6 Å². The molecule has 2 aromatic heterocycles. The molecule has 0 radical (unpaired) electrons. The van der Waals surface area contributed by atoms with Crippen LogP contribution in [0.15, 0.2) is 30.7 Å². The van der Waals surface area contributed by atoms with E-state index in [1.54, 1.807) is 42.4 Å². The van der Waals surface area contributed by atoms with E-state index in [9.17, 15) is 0 Å². The summed E-state index contributed by atoms with van der Waals surface area (Å²) in [6.07, 6.45) is 4.86. The van der Waals surface area contributed by atoms with Gasteiger partial charge in [0, 0.05) is 18.6 Å². The van der Waals surface area contributed by atoms with Gasteiger partial charge in [0.1, 0.15) is 6.07 Å². The Balaban J connectivity index is 2.59. The van der Waals surface area contributed by atoms with Crippen LogP contribution in [0.3, 0.4) is 0 Å². The normalized spacial score (nSPS) is 9.60. The van der Waals surface area contributed by atoms with Crippen molar-refractivity contribution in [3.63, 3.8) is 0 Å². The van der Waals surface area contributed by atoms with Crippen LogP contribution in [0, 0.1) is 11.3 Å². The lowest BCUT2D eigenvalue weighted by Gasteiger charge is -2.07. The second-order valence-electron chi connectivity index (χ2n) is 2.76. The van der Waals surface area contributed by atoms with Crippen LogP contribution in [0.25, 0.3) is 5.82 Å². The summed E-state index contributed by atoms with van der Waals surface area (Å²) in [6, 6.07) is 5.53. The third kappa shape index (κ3) is 1.53. The zero-order valence-corrected chi connectivity index (χ0v) is 8.08. The number of pyridine rings is 1. The zero-order valence-electron chi connectivity index (χ0n) is 8.08. The van der Waals surface area contributed by atoms with Gasteiger partial charge in [-0.15, -0.1) is 0 Å². The van der Waals surface area contributed by atoms with E-state index in [1.165, 1.54) is 0 Å². The number of nitrogens with zero attached hydrogens (tertiary/aromatic N) is 4. The van der Waals surface area contributed by atoms with Gasteiger partial charge in [-0.05, 0) is 12.1 Å². The fourth-order valence-electron chi connectivity index (χ4n) is 1.28. The maximum atomic E-state index is 8.83. The first-order chi connectivity index (χ1) is 7.36. The van der Waals surface area contributed by atoms with Crippen molar-refractivity contribution in [1.82, 2.24) is 14.5 Å². The molecule has 0 saturated heterocycles. The molecule has 0 amide bonds. The van der Waals surface area contributed by atoms with Crippen molar-refractivity contribution >= 4 is 0 Å². The molecule has 0 atom stereocenters. The number of ether oxygens (including phenoxy) is 1. The summed E-state index contributed by atoms with van der Waals surface area (Å²) in [5.41, 5.74) is 0. The van der Waals surface area contributed by atoms with Crippen molar-refractivity contribution in [2.45, 2.75) is 0 Å². The van der Waals surface area contributed by atoms with Crippen molar-refractivity contribution in [3.05, 3.63) is 36.5 Å². The maximum Gasteiger partial charge on any atom is 0.218 e. The average molecular weight is 200 g/mol. The second kappa shape index (κ2) is 3.80. The Morgan fingerprint density at radius 3 is 3.00 bits per heavy atom. The number of nitriles is 1. The molecule has 15 heavy (non-hydrogen) atoms. The van der Waals surface area contributed by atoms with Crippen LogP contribution in [0.5, 0.6) is 5.75 Å². The van der Waals surface area contributed by atoms with E-state index >= 15 is 0 Å². The van der Waals surface area contributed by atoms with Gasteiger partial charge in [-0.3, -0.25) is 4.57 Å². The highest BCUT2D eigenvalue weighted by Crippen LogP contribution is 2.19. The predicted octanol–water partition coefficient (Wildman–Crippen LogP) is 1.15. The Kier molecular flexibility index (Phi) is 2.33. The minimum atomic E-state index is 0.284. The lowest BCUT2D eigenvalue weighted by Crippen LogP contribution is -2.02. The number of aromatic nitrogens is 3. The highest BCUT2D eigenvalue weighted by Gasteiger charge is 2.09. The fourth-order valence-corrected chi connectivity index (χ4v) is 1.28. The van der Waals surface area contributed by atoms with Crippen LogP contribution in [-0.4, -0.2) is 21.6 Å². The Morgan fingerprint density at radius 1 is 1.40 bits per heavy atom. The van der Waals surface area contributed by atoms with Gasteiger partial charge in [0.15, 0.2) is 11.6 Å². The molecule has 0 bridgehead atoms. The first kappa shape index (κ1) is 9.21. The number of hydrogen-bond donors (Lipinski definition) is 0. The van der Waals surface area contributed by atoms with Crippen molar-refractivity contribution in [2.75, 3.05) is 7.11 Å². The molecule has 2 heterocycles. The Bertz CT molecular complexity index is 512.